The Balaban J connectivity index is 1.45. The van der Waals surface area contributed by atoms with Gasteiger partial charge in [0.15, 0.2) is 11.5 Å². The molecule has 0 spiro atoms. The summed E-state index contributed by atoms with van der Waals surface area (Å²) in [5.74, 6) is 2.12. The third kappa shape index (κ3) is 2.65. The molecule has 2 saturated heterocycles. The SMILES string of the molecule is CC1COc2ccc(C(=O)N[C@@H]3C[C@@H]4CCN(C4)C3)cc2O1. The van der Waals surface area contributed by atoms with Crippen molar-refractivity contribution in [2.45, 2.75) is 31.9 Å². The van der Waals surface area contributed by atoms with Crippen LogP contribution in [0.15, 0.2) is 18.2 Å². The first kappa shape index (κ1) is 13.9. The second-order valence-electron chi connectivity index (χ2n) is 6.72. The highest BCUT2D eigenvalue weighted by molar-refractivity contribution is 5.95. The standard InChI is InChI=1S/C17H22N2O3/c1-11-10-21-15-3-2-13(7-16(15)22-11)17(20)18-14-6-12-4-5-19(8-12)9-14/h2-3,7,11-12,14H,4-6,8-10H2,1H3,(H,18,20)/t11?,12-,14+/m0/s1. The third-order valence-electron chi connectivity index (χ3n) is 4.81. The monoisotopic (exact) mass is 302 g/mol. The molecule has 1 aromatic carbocycles. The number of nitrogens with zero attached hydrogens (tertiary/aromatic N) is 1. The van der Waals surface area contributed by atoms with Gasteiger partial charge < -0.3 is 19.7 Å². The van der Waals surface area contributed by atoms with Gasteiger partial charge in [0, 0.05) is 24.7 Å². The molecule has 1 aromatic rings. The first-order valence-corrected chi connectivity index (χ1v) is 8.14. The summed E-state index contributed by atoms with van der Waals surface area (Å²) in [6.07, 6.45) is 2.39. The van der Waals surface area contributed by atoms with Gasteiger partial charge in [-0.15, -0.1) is 0 Å². The lowest BCUT2D eigenvalue weighted by Gasteiger charge is -2.30. The first-order chi connectivity index (χ1) is 10.7. The number of rotatable bonds is 2. The maximum absolute atomic E-state index is 12.5. The fraction of sp³-hybridized carbons (Fsp3) is 0.588. The van der Waals surface area contributed by atoms with Crippen molar-refractivity contribution in [3.63, 3.8) is 0 Å². The van der Waals surface area contributed by atoms with Crippen molar-refractivity contribution in [3.8, 4) is 11.5 Å². The Bertz CT molecular complexity index is 577. The van der Waals surface area contributed by atoms with Gasteiger partial charge in [0.2, 0.25) is 0 Å². The van der Waals surface area contributed by atoms with Crippen LogP contribution < -0.4 is 14.8 Å². The van der Waals surface area contributed by atoms with Crippen molar-refractivity contribution in [2.75, 3.05) is 26.2 Å². The summed E-state index contributed by atoms with van der Waals surface area (Å²) in [6.45, 7) is 5.87. The zero-order valence-corrected chi connectivity index (χ0v) is 12.9. The average molecular weight is 302 g/mol. The van der Waals surface area contributed by atoms with Crippen LogP contribution in [0.25, 0.3) is 0 Å². The highest BCUT2D eigenvalue weighted by atomic mass is 16.6. The maximum Gasteiger partial charge on any atom is 0.251 e. The summed E-state index contributed by atoms with van der Waals surface area (Å²) in [5.41, 5.74) is 0.643. The maximum atomic E-state index is 12.5. The Labute approximate surface area is 130 Å². The average Bonchev–Trinajstić information content (AvgIpc) is 2.85. The van der Waals surface area contributed by atoms with E-state index >= 15 is 0 Å². The van der Waals surface area contributed by atoms with Crippen molar-refractivity contribution in [1.82, 2.24) is 10.2 Å². The smallest absolute Gasteiger partial charge is 0.251 e. The molecule has 2 unspecified atom stereocenters. The third-order valence-corrected chi connectivity index (χ3v) is 4.81. The van der Waals surface area contributed by atoms with Crippen LogP contribution in [0.3, 0.4) is 0 Å². The second-order valence-corrected chi connectivity index (χ2v) is 6.72. The van der Waals surface area contributed by atoms with Gasteiger partial charge in [-0.3, -0.25) is 4.79 Å². The van der Waals surface area contributed by atoms with E-state index in [1.54, 1.807) is 6.07 Å². The molecular weight excluding hydrogens is 280 g/mol. The number of benzene rings is 1. The predicted molar refractivity (Wildman–Crippen MR) is 82.4 cm³/mol. The van der Waals surface area contributed by atoms with E-state index in [1.807, 2.05) is 19.1 Å². The lowest BCUT2D eigenvalue weighted by Crippen LogP contribution is -2.47. The van der Waals surface area contributed by atoms with Crippen molar-refractivity contribution >= 4 is 5.91 Å². The molecular formula is C17H22N2O3. The van der Waals surface area contributed by atoms with E-state index in [2.05, 4.69) is 10.2 Å². The molecule has 2 bridgehead atoms. The van der Waals surface area contributed by atoms with E-state index in [9.17, 15) is 4.79 Å². The van der Waals surface area contributed by atoms with Gasteiger partial charge >= 0.3 is 0 Å². The summed E-state index contributed by atoms with van der Waals surface area (Å²) in [6, 6.07) is 5.69. The zero-order valence-electron chi connectivity index (χ0n) is 12.9. The number of carbonyl (C=O) groups is 1. The molecule has 0 radical (unpaired) electrons. The van der Waals surface area contributed by atoms with Crippen LogP contribution in [-0.2, 0) is 0 Å². The van der Waals surface area contributed by atoms with Crippen LogP contribution in [0, 0.1) is 5.92 Å². The van der Waals surface area contributed by atoms with Gasteiger partial charge in [0.1, 0.15) is 12.7 Å². The van der Waals surface area contributed by atoms with Crippen LogP contribution in [0.1, 0.15) is 30.1 Å². The first-order valence-electron chi connectivity index (χ1n) is 8.14. The van der Waals surface area contributed by atoms with Gasteiger partial charge in [-0.2, -0.15) is 0 Å². The largest absolute Gasteiger partial charge is 0.486 e. The minimum atomic E-state index is -0.0165. The molecule has 0 saturated carbocycles. The van der Waals surface area contributed by atoms with E-state index in [1.165, 1.54) is 19.5 Å². The highest BCUT2D eigenvalue weighted by Crippen LogP contribution is 2.33. The van der Waals surface area contributed by atoms with E-state index < -0.39 is 0 Å². The molecule has 5 heteroatoms. The van der Waals surface area contributed by atoms with Crippen LogP contribution in [0.5, 0.6) is 11.5 Å². The highest BCUT2D eigenvalue weighted by Gasteiger charge is 2.33. The van der Waals surface area contributed by atoms with Crippen LogP contribution >= 0.6 is 0 Å². The molecule has 4 rings (SSSR count). The molecule has 0 aliphatic carbocycles. The summed E-state index contributed by atoms with van der Waals surface area (Å²) in [5, 5.41) is 3.18. The van der Waals surface area contributed by atoms with E-state index in [4.69, 9.17) is 9.47 Å². The minimum Gasteiger partial charge on any atom is -0.486 e. The molecule has 4 atom stereocenters. The summed E-state index contributed by atoms with van der Waals surface area (Å²) in [7, 11) is 0. The number of amides is 1. The van der Waals surface area contributed by atoms with Gasteiger partial charge in [0.05, 0.1) is 0 Å². The van der Waals surface area contributed by atoms with Crippen molar-refractivity contribution in [1.29, 1.82) is 0 Å². The molecule has 5 nitrogen and oxygen atoms in total. The Morgan fingerprint density at radius 2 is 2.23 bits per heavy atom. The molecule has 3 heterocycles. The lowest BCUT2D eigenvalue weighted by molar-refractivity contribution is 0.0902. The number of carbonyl (C=O) groups excluding carboxylic acids is 1. The number of nitrogens with one attached hydrogen (secondary N) is 1. The fourth-order valence-corrected chi connectivity index (χ4v) is 3.75. The van der Waals surface area contributed by atoms with Crippen molar-refractivity contribution in [2.24, 2.45) is 5.92 Å². The van der Waals surface area contributed by atoms with Gasteiger partial charge in [-0.1, -0.05) is 0 Å². The van der Waals surface area contributed by atoms with Gasteiger partial charge in [-0.05, 0) is 50.4 Å². The number of piperidine rings is 1. The quantitative estimate of drug-likeness (QED) is 0.903. The lowest BCUT2D eigenvalue weighted by atomic mass is 9.96. The summed E-state index contributed by atoms with van der Waals surface area (Å²) in [4.78, 5) is 14.9. The number of hydrogen-bond acceptors (Lipinski definition) is 4. The van der Waals surface area contributed by atoms with E-state index in [0.29, 0.717) is 17.9 Å². The second kappa shape index (κ2) is 5.47. The molecule has 0 aromatic heterocycles. The Kier molecular flexibility index (Phi) is 3.45. The van der Waals surface area contributed by atoms with Crippen LogP contribution in [-0.4, -0.2) is 49.2 Å². The van der Waals surface area contributed by atoms with Crippen LogP contribution in [0.4, 0.5) is 0 Å². The number of ether oxygens (including phenoxy) is 2. The number of hydrogen-bond donors (Lipinski definition) is 1. The van der Waals surface area contributed by atoms with Crippen LogP contribution in [0.2, 0.25) is 0 Å². The van der Waals surface area contributed by atoms with E-state index in [0.717, 1.165) is 24.6 Å². The van der Waals surface area contributed by atoms with Crippen molar-refractivity contribution in [3.05, 3.63) is 23.8 Å². The number of fused-ring (bicyclic) bond motifs is 3. The zero-order chi connectivity index (χ0) is 15.1. The molecule has 3 aliphatic heterocycles. The van der Waals surface area contributed by atoms with Gasteiger partial charge in [0.25, 0.3) is 5.91 Å². The Morgan fingerprint density at radius 3 is 3.09 bits per heavy atom. The summed E-state index contributed by atoms with van der Waals surface area (Å²) >= 11 is 0. The Hall–Kier alpha value is -1.75. The minimum absolute atomic E-state index is 0.0165. The molecule has 1 N–H and O–H groups in total. The normalized spacial score (nSPS) is 32.6. The van der Waals surface area contributed by atoms with Gasteiger partial charge in [-0.25, -0.2) is 0 Å². The summed E-state index contributed by atoms with van der Waals surface area (Å²) < 4.78 is 11.3. The predicted octanol–water partition coefficient (Wildman–Crippen LogP) is 1.67. The molecule has 22 heavy (non-hydrogen) atoms. The molecule has 1 amide bonds. The van der Waals surface area contributed by atoms with E-state index in [-0.39, 0.29) is 18.1 Å². The topological polar surface area (TPSA) is 50.8 Å². The molecule has 2 fully saturated rings. The van der Waals surface area contributed by atoms with Crippen molar-refractivity contribution < 1.29 is 14.3 Å². The fourth-order valence-electron chi connectivity index (χ4n) is 3.75. The molecule has 3 aliphatic rings. The molecule has 118 valence electrons. The Morgan fingerprint density at radius 1 is 1.32 bits per heavy atom.